The molecule has 20 heavy (non-hydrogen) atoms. The molecule has 5 N–H and O–H groups in total. The van der Waals surface area contributed by atoms with Gasteiger partial charge >= 0.3 is 0 Å². The zero-order valence-electron chi connectivity index (χ0n) is 12.4. The van der Waals surface area contributed by atoms with Crippen molar-refractivity contribution in [1.29, 1.82) is 0 Å². The maximum atomic E-state index is 12.1. The second-order valence-corrected chi connectivity index (χ2v) is 5.39. The van der Waals surface area contributed by atoms with Crippen molar-refractivity contribution in [3.05, 3.63) is 0 Å². The predicted molar refractivity (Wildman–Crippen MR) is 74.7 cm³/mol. The van der Waals surface area contributed by atoms with Gasteiger partial charge in [0.25, 0.3) is 0 Å². The Balaban J connectivity index is 4.80. The van der Waals surface area contributed by atoms with Crippen molar-refractivity contribution >= 4 is 18.1 Å². The topological polar surface area (TPSA) is 122 Å². The first-order valence-electron chi connectivity index (χ1n) is 6.68. The molecule has 0 aliphatic heterocycles. The highest BCUT2D eigenvalue weighted by atomic mass is 16.3. The molecule has 0 radical (unpaired) electrons. The van der Waals surface area contributed by atoms with Crippen LogP contribution in [0.3, 0.4) is 0 Å². The molecule has 0 rings (SSSR count). The van der Waals surface area contributed by atoms with Crippen LogP contribution in [0.5, 0.6) is 0 Å². The third-order valence-electron chi connectivity index (χ3n) is 2.73. The second kappa shape index (κ2) is 8.65. The normalized spacial score (nSPS) is 16.9. The van der Waals surface area contributed by atoms with E-state index in [0.717, 1.165) is 0 Å². The summed E-state index contributed by atoms with van der Waals surface area (Å²) in [5, 5.41) is 14.3. The minimum absolute atomic E-state index is 0.167. The smallest absolute Gasteiger partial charge is 0.243 e. The molecule has 0 aliphatic carbocycles. The van der Waals surface area contributed by atoms with Crippen LogP contribution >= 0.6 is 0 Å². The minimum Gasteiger partial charge on any atom is -0.391 e. The van der Waals surface area contributed by atoms with Crippen LogP contribution < -0.4 is 16.4 Å². The van der Waals surface area contributed by atoms with Gasteiger partial charge in [0.05, 0.1) is 12.1 Å². The predicted octanol–water partition coefficient (Wildman–Crippen LogP) is -1.07. The lowest BCUT2D eigenvalue weighted by molar-refractivity contribution is -0.131. The first-order chi connectivity index (χ1) is 9.18. The lowest BCUT2D eigenvalue weighted by Crippen LogP contribution is -2.55. The van der Waals surface area contributed by atoms with E-state index in [4.69, 9.17) is 5.73 Å². The molecule has 0 heterocycles. The van der Waals surface area contributed by atoms with Gasteiger partial charge in [-0.3, -0.25) is 9.59 Å². The lowest BCUT2D eigenvalue weighted by Gasteiger charge is -2.23. The van der Waals surface area contributed by atoms with E-state index in [1.807, 2.05) is 13.8 Å². The highest BCUT2D eigenvalue weighted by Gasteiger charge is 2.26. The summed E-state index contributed by atoms with van der Waals surface area (Å²) >= 11 is 0. The molecule has 4 atom stereocenters. The van der Waals surface area contributed by atoms with Crippen LogP contribution in [0.2, 0.25) is 0 Å². The number of aliphatic hydroxyl groups is 1. The maximum absolute atomic E-state index is 12.1. The molecule has 0 bridgehead atoms. The Hall–Kier alpha value is -1.47. The molecule has 7 heteroatoms. The maximum Gasteiger partial charge on any atom is 0.243 e. The number of carbonyl (C=O) groups excluding carboxylic acids is 3. The Morgan fingerprint density at radius 3 is 2.05 bits per heavy atom. The van der Waals surface area contributed by atoms with E-state index < -0.39 is 36.0 Å². The first-order valence-corrected chi connectivity index (χ1v) is 6.68. The molecule has 0 aliphatic rings. The average molecular weight is 287 g/mol. The van der Waals surface area contributed by atoms with Crippen molar-refractivity contribution in [3.8, 4) is 0 Å². The Morgan fingerprint density at radius 2 is 1.70 bits per heavy atom. The van der Waals surface area contributed by atoms with Crippen LogP contribution in [0.15, 0.2) is 0 Å². The van der Waals surface area contributed by atoms with Gasteiger partial charge in [0.15, 0.2) is 0 Å². The second-order valence-electron chi connectivity index (χ2n) is 5.39. The van der Waals surface area contributed by atoms with E-state index >= 15 is 0 Å². The molecule has 0 saturated heterocycles. The van der Waals surface area contributed by atoms with Crippen molar-refractivity contribution in [2.45, 2.75) is 58.3 Å². The fourth-order valence-electron chi connectivity index (χ4n) is 1.54. The zero-order chi connectivity index (χ0) is 15.9. The highest BCUT2D eigenvalue weighted by Crippen LogP contribution is 2.06. The van der Waals surface area contributed by atoms with Crippen molar-refractivity contribution in [2.75, 3.05) is 0 Å². The molecule has 0 fully saturated rings. The standard InChI is InChI=1S/C13H25N3O4/c1-7(2)5-10(15-12(19)8(3)14)13(20)16-11(6-17)9(4)18/h6-11,18H,5,14H2,1-4H3,(H,15,19)(H,16,20)/t8-,9+,10-,11+/m0/s1. The quantitative estimate of drug-likeness (QED) is 0.423. The summed E-state index contributed by atoms with van der Waals surface area (Å²) in [6.45, 7) is 6.73. The van der Waals surface area contributed by atoms with E-state index in [-0.39, 0.29) is 5.92 Å². The third kappa shape index (κ3) is 6.63. The molecule has 2 amide bonds. The monoisotopic (exact) mass is 287 g/mol. The van der Waals surface area contributed by atoms with E-state index in [9.17, 15) is 19.5 Å². The molecule has 7 nitrogen and oxygen atoms in total. The van der Waals surface area contributed by atoms with E-state index in [1.165, 1.54) is 13.8 Å². The van der Waals surface area contributed by atoms with Gasteiger partial charge in [-0.15, -0.1) is 0 Å². The zero-order valence-corrected chi connectivity index (χ0v) is 12.4. The number of hydrogen-bond acceptors (Lipinski definition) is 5. The van der Waals surface area contributed by atoms with E-state index in [1.54, 1.807) is 0 Å². The number of hydrogen-bond donors (Lipinski definition) is 4. The number of rotatable bonds is 8. The first kappa shape index (κ1) is 18.5. The summed E-state index contributed by atoms with van der Waals surface area (Å²) in [6.07, 6.45) is -0.127. The molecular weight excluding hydrogens is 262 g/mol. The molecular formula is C13H25N3O4. The Labute approximate surface area is 119 Å². The molecule has 0 saturated carbocycles. The van der Waals surface area contributed by atoms with E-state index in [2.05, 4.69) is 10.6 Å². The highest BCUT2D eigenvalue weighted by molar-refractivity contribution is 5.90. The number of amides is 2. The van der Waals surface area contributed by atoms with Crippen LogP contribution in [-0.4, -0.2) is 47.4 Å². The SMILES string of the molecule is CC(C)C[C@H](NC(=O)[C@H](C)N)C(=O)N[C@H](C=O)[C@@H](C)O. The molecule has 0 spiro atoms. The molecule has 0 aromatic carbocycles. The molecule has 116 valence electrons. The van der Waals surface area contributed by atoms with Crippen LogP contribution in [0.1, 0.15) is 34.1 Å². The van der Waals surface area contributed by atoms with Gasteiger partial charge in [-0.1, -0.05) is 13.8 Å². The largest absolute Gasteiger partial charge is 0.391 e. The van der Waals surface area contributed by atoms with Crippen molar-refractivity contribution in [1.82, 2.24) is 10.6 Å². The lowest BCUT2D eigenvalue weighted by atomic mass is 10.0. The van der Waals surface area contributed by atoms with Gasteiger partial charge in [-0.25, -0.2) is 0 Å². The Morgan fingerprint density at radius 1 is 1.15 bits per heavy atom. The van der Waals surface area contributed by atoms with Crippen LogP contribution in [0.4, 0.5) is 0 Å². The van der Waals surface area contributed by atoms with Crippen molar-refractivity contribution in [3.63, 3.8) is 0 Å². The number of nitrogens with two attached hydrogens (primary N) is 1. The van der Waals surface area contributed by atoms with Crippen LogP contribution in [-0.2, 0) is 14.4 Å². The Kier molecular flexibility index (Phi) is 8.02. The van der Waals surface area contributed by atoms with Crippen molar-refractivity contribution < 1.29 is 19.5 Å². The van der Waals surface area contributed by atoms with Gasteiger partial charge in [-0.2, -0.15) is 0 Å². The average Bonchev–Trinajstić information content (AvgIpc) is 2.33. The fraction of sp³-hybridized carbons (Fsp3) is 0.769. The van der Waals surface area contributed by atoms with Gasteiger partial charge in [0, 0.05) is 0 Å². The van der Waals surface area contributed by atoms with Gasteiger partial charge in [-0.05, 0) is 26.2 Å². The van der Waals surface area contributed by atoms with Crippen molar-refractivity contribution in [2.24, 2.45) is 11.7 Å². The van der Waals surface area contributed by atoms with Gasteiger partial charge in [0.1, 0.15) is 18.4 Å². The Bertz CT molecular complexity index is 343. The molecule has 0 aromatic heterocycles. The summed E-state index contributed by atoms with van der Waals surface area (Å²) < 4.78 is 0. The summed E-state index contributed by atoms with van der Waals surface area (Å²) in [4.78, 5) is 34.4. The number of aliphatic hydroxyl groups excluding tert-OH is 1. The van der Waals surface area contributed by atoms with E-state index in [0.29, 0.717) is 12.7 Å². The van der Waals surface area contributed by atoms with Crippen LogP contribution in [0.25, 0.3) is 0 Å². The number of aldehydes is 1. The van der Waals surface area contributed by atoms with Crippen LogP contribution in [0, 0.1) is 5.92 Å². The number of carbonyl (C=O) groups is 3. The molecule has 0 aromatic rings. The van der Waals surface area contributed by atoms with Gasteiger partial charge in [0.2, 0.25) is 11.8 Å². The summed E-state index contributed by atoms with van der Waals surface area (Å²) in [5.74, 6) is -0.781. The summed E-state index contributed by atoms with van der Waals surface area (Å²) in [5.41, 5.74) is 5.45. The third-order valence-corrected chi connectivity index (χ3v) is 2.73. The number of nitrogens with one attached hydrogen (secondary N) is 2. The van der Waals surface area contributed by atoms with Gasteiger partial charge < -0.3 is 26.3 Å². The summed E-state index contributed by atoms with van der Waals surface area (Å²) in [7, 11) is 0. The fourth-order valence-corrected chi connectivity index (χ4v) is 1.54. The molecule has 0 unspecified atom stereocenters. The minimum atomic E-state index is -1.000. The summed E-state index contributed by atoms with van der Waals surface area (Å²) in [6, 6.07) is -2.50.